The van der Waals surface area contributed by atoms with Crippen LogP contribution in [0.15, 0.2) is 35.7 Å². The second-order valence-electron chi connectivity index (χ2n) is 8.15. The van der Waals surface area contributed by atoms with Gasteiger partial charge in [0.1, 0.15) is 5.82 Å². The molecular weight excluding hydrogens is 433 g/mol. The number of anilines is 1. The maximum Gasteiger partial charge on any atom is 0.199 e. The summed E-state index contributed by atoms with van der Waals surface area (Å²) in [7, 11) is 0. The number of halogens is 1. The summed E-state index contributed by atoms with van der Waals surface area (Å²) in [5, 5.41) is 6.93. The van der Waals surface area contributed by atoms with Crippen LogP contribution in [0.3, 0.4) is 0 Å². The van der Waals surface area contributed by atoms with E-state index >= 15 is 0 Å². The number of carbonyl (C=O) groups is 1. The lowest BCUT2D eigenvalue weighted by Gasteiger charge is -2.36. The van der Waals surface area contributed by atoms with Crippen molar-refractivity contribution < 1.29 is 9.18 Å². The average molecular weight is 458 g/mol. The normalized spacial score (nSPS) is 17.3. The van der Waals surface area contributed by atoms with E-state index in [-0.39, 0.29) is 11.6 Å². The van der Waals surface area contributed by atoms with Crippen molar-refractivity contribution in [1.82, 2.24) is 19.2 Å². The standard InChI is InChI=1S/C22H24FN5OS2/c1-15(29)16-4-7-19(18(23)13-16)26-10-8-25(9-11-26)14-27-22(30)28(17-5-6-17)21(24-27)20-3-2-12-31-20/h2-4,7,12-13,17H,5-6,8-11,14H2,1H3. The largest absolute Gasteiger partial charge is 0.367 e. The third-order valence-electron chi connectivity index (χ3n) is 5.93. The maximum atomic E-state index is 14.5. The van der Waals surface area contributed by atoms with E-state index in [2.05, 4.69) is 20.9 Å². The second kappa shape index (κ2) is 8.29. The van der Waals surface area contributed by atoms with Crippen LogP contribution in [0.5, 0.6) is 0 Å². The van der Waals surface area contributed by atoms with Crippen LogP contribution in [0.2, 0.25) is 0 Å². The van der Waals surface area contributed by atoms with E-state index in [4.69, 9.17) is 17.3 Å². The molecule has 0 unspecified atom stereocenters. The molecule has 0 atom stereocenters. The number of hydrogen-bond donors (Lipinski definition) is 0. The zero-order chi connectivity index (χ0) is 21.5. The van der Waals surface area contributed by atoms with E-state index in [9.17, 15) is 9.18 Å². The molecule has 162 valence electrons. The number of hydrogen-bond acceptors (Lipinski definition) is 6. The zero-order valence-corrected chi connectivity index (χ0v) is 19.0. The Morgan fingerprint density at radius 2 is 2.00 bits per heavy atom. The topological polar surface area (TPSA) is 46.3 Å². The first-order chi connectivity index (χ1) is 15.0. The van der Waals surface area contributed by atoms with Crippen molar-refractivity contribution in [2.24, 2.45) is 0 Å². The summed E-state index contributed by atoms with van der Waals surface area (Å²) in [6.07, 6.45) is 2.32. The molecule has 3 aromatic rings. The van der Waals surface area contributed by atoms with Crippen LogP contribution < -0.4 is 4.90 Å². The molecular formula is C22H24FN5OS2. The lowest BCUT2D eigenvalue weighted by molar-refractivity contribution is 0.101. The molecule has 31 heavy (non-hydrogen) atoms. The molecule has 0 N–H and O–H groups in total. The predicted molar refractivity (Wildman–Crippen MR) is 123 cm³/mol. The Labute approximate surface area is 189 Å². The van der Waals surface area contributed by atoms with Crippen LogP contribution in [0.4, 0.5) is 10.1 Å². The predicted octanol–water partition coefficient (Wildman–Crippen LogP) is 4.60. The van der Waals surface area contributed by atoms with Crippen molar-refractivity contribution in [2.45, 2.75) is 32.5 Å². The fraction of sp³-hybridized carbons (Fsp3) is 0.409. The molecule has 0 spiro atoms. The summed E-state index contributed by atoms with van der Waals surface area (Å²) < 4.78 is 19.4. The van der Waals surface area contributed by atoms with Crippen LogP contribution in [0, 0.1) is 10.6 Å². The number of benzene rings is 1. The Hall–Kier alpha value is -2.36. The van der Waals surface area contributed by atoms with Crippen molar-refractivity contribution in [3.63, 3.8) is 0 Å². The van der Waals surface area contributed by atoms with Gasteiger partial charge in [-0.25, -0.2) is 9.07 Å². The molecule has 1 saturated heterocycles. The van der Waals surface area contributed by atoms with Gasteiger partial charge in [-0.1, -0.05) is 6.07 Å². The maximum absolute atomic E-state index is 14.5. The first-order valence-electron chi connectivity index (χ1n) is 10.5. The molecule has 2 aliphatic rings. The molecule has 1 aliphatic carbocycles. The van der Waals surface area contributed by atoms with E-state index in [0.29, 0.717) is 37.1 Å². The number of Topliss-reactive ketones (excluding diaryl/α,β-unsaturated/α-hetero) is 1. The first-order valence-corrected chi connectivity index (χ1v) is 11.8. The number of rotatable bonds is 6. The molecule has 9 heteroatoms. The Morgan fingerprint density at radius 1 is 1.23 bits per heavy atom. The Morgan fingerprint density at radius 3 is 2.61 bits per heavy atom. The number of ketones is 1. The lowest BCUT2D eigenvalue weighted by Crippen LogP contribution is -2.47. The quantitative estimate of drug-likeness (QED) is 0.400. The van der Waals surface area contributed by atoms with E-state index in [1.165, 1.54) is 13.0 Å². The fourth-order valence-electron chi connectivity index (χ4n) is 4.05. The minimum absolute atomic E-state index is 0.125. The van der Waals surface area contributed by atoms with Gasteiger partial charge in [-0.2, -0.15) is 0 Å². The smallest absolute Gasteiger partial charge is 0.199 e. The molecule has 0 radical (unpaired) electrons. The first kappa shape index (κ1) is 20.5. The van der Waals surface area contributed by atoms with Crippen LogP contribution in [-0.2, 0) is 6.67 Å². The highest BCUT2D eigenvalue weighted by atomic mass is 32.1. The molecule has 1 aliphatic heterocycles. The SMILES string of the molecule is CC(=O)c1ccc(N2CCN(Cn3nc(-c4cccs4)n(C4CC4)c3=S)CC2)c(F)c1. The average Bonchev–Trinajstić information content (AvgIpc) is 3.34. The number of aromatic nitrogens is 3. The van der Waals surface area contributed by atoms with Gasteiger partial charge in [-0.05, 0) is 61.6 Å². The summed E-state index contributed by atoms with van der Waals surface area (Å²) in [6.45, 7) is 5.10. The van der Waals surface area contributed by atoms with Crippen molar-refractivity contribution in [3.8, 4) is 10.7 Å². The number of nitrogens with zero attached hydrogens (tertiary/aromatic N) is 5. The van der Waals surface area contributed by atoms with Gasteiger partial charge in [-0.3, -0.25) is 14.3 Å². The molecule has 5 rings (SSSR count). The third-order valence-corrected chi connectivity index (χ3v) is 7.20. The van der Waals surface area contributed by atoms with Gasteiger partial charge in [0.25, 0.3) is 0 Å². The van der Waals surface area contributed by atoms with Crippen LogP contribution >= 0.6 is 23.6 Å². The summed E-state index contributed by atoms with van der Waals surface area (Å²) in [4.78, 5) is 17.0. The monoisotopic (exact) mass is 457 g/mol. The van der Waals surface area contributed by atoms with Crippen molar-refractivity contribution in [1.29, 1.82) is 0 Å². The van der Waals surface area contributed by atoms with Gasteiger partial charge in [0.05, 0.1) is 17.2 Å². The van der Waals surface area contributed by atoms with Gasteiger partial charge in [-0.15, -0.1) is 16.4 Å². The molecule has 3 heterocycles. The molecule has 2 aromatic heterocycles. The van der Waals surface area contributed by atoms with Crippen molar-refractivity contribution >= 4 is 35.0 Å². The summed E-state index contributed by atoms with van der Waals surface area (Å²) in [6, 6.07) is 9.35. The van der Waals surface area contributed by atoms with Gasteiger partial charge in [0.2, 0.25) is 0 Å². The van der Waals surface area contributed by atoms with Gasteiger partial charge >= 0.3 is 0 Å². The van der Waals surface area contributed by atoms with E-state index in [1.807, 2.05) is 15.6 Å². The van der Waals surface area contributed by atoms with E-state index in [0.717, 1.165) is 41.4 Å². The molecule has 2 fully saturated rings. The summed E-state index contributed by atoms with van der Waals surface area (Å²) >= 11 is 7.46. The number of thiophene rings is 1. The van der Waals surface area contributed by atoms with Crippen molar-refractivity contribution in [2.75, 3.05) is 31.1 Å². The Balaban J connectivity index is 1.29. The number of carbonyl (C=O) groups excluding carboxylic acids is 1. The van der Waals surface area contributed by atoms with Crippen LogP contribution in [0.25, 0.3) is 10.7 Å². The Bertz CT molecular complexity index is 1160. The van der Waals surface area contributed by atoms with Gasteiger partial charge < -0.3 is 4.90 Å². The third kappa shape index (κ3) is 4.09. The number of piperazine rings is 1. The van der Waals surface area contributed by atoms with Crippen LogP contribution in [-0.4, -0.2) is 51.2 Å². The van der Waals surface area contributed by atoms with Crippen LogP contribution in [0.1, 0.15) is 36.2 Å². The minimum atomic E-state index is -0.341. The second-order valence-corrected chi connectivity index (χ2v) is 9.47. The van der Waals surface area contributed by atoms with Gasteiger partial charge in [0.15, 0.2) is 16.4 Å². The molecule has 1 aromatic carbocycles. The molecule has 0 amide bonds. The highest BCUT2D eigenvalue weighted by Gasteiger charge is 2.30. The lowest BCUT2D eigenvalue weighted by atomic mass is 10.1. The Kier molecular flexibility index (Phi) is 5.49. The zero-order valence-electron chi connectivity index (χ0n) is 17.3. The van der Waals surface area contributed by atoms with E-state index in [1.54, 1.807) is 23.5 Å². The van der Waals surface area contributed by atoms with Gasteiger partial charge in [0, 0.05) is 37.8 Å². The fourth-order valence-corrected chi connectivity index (χ4v) is 5.09. The van der Waals surface area contributed by atoms with E-state index < -0.39 is 0 Å². The highest BCUT2D eigenvalue weighted by Crippen LogP contribution is 2.39. The minimum Gasteiger partial charge on any atom is -0.367 e. The molecule has 1 saturated carbocycles. The highest BCUT2D eigenvalue weighted by molar-refractivity contribution is 7.71. The summed E-state index contributed by atoms with van der Waals surface area (Å²) in [5.74, 6) is 0.500. The molecule has 6 nitrogen and oxygen atoms in total. The summed E-state index contributed by atoms with van der Waals surface area (Å²) in [5.41, 5.74) is 0.960. The van der Waals surface area contributed by atoms with Crippen molar-refractivity contribution in [3.05, 3.63) is 51.9 Å². The molecule has 0 bridgehead atoms.